The molecule has 0 spiro atoms. The van der Waals surface area contributed by atoms with Crippen LogP contribution in [0.15, 0.2) is 36.1 Å². The van der Waals surface area contributed by atoms with E-state index in [0.717, 1.165) is 24.1 Å². The lowest BCUT2D eigenvalue weighted by atomic mass is 10.1. The van der Waals surface area contributed by atoms with Crippen LogP contribution in [-0.4, -0.2) is 5.91 Å². The van der Waals surface area contributed by atoms with Gasteiger partial charge in [-0.3, -0.25) is 4.79 Å². The highest BCUT2D eigenvalue weighted by molar-refractivity contribution is 6.36. The van der Waals surface area contributed by atoms with Crippen molar-refractivity contribution in [3.8, 4) is 0 Å². The predicted octanol–water partition coefficient (Wildman–Crippen LogP) is 3.19. The van der Waals surface area contributed by atoms with Gasteiger partial charge in [-0.25, -0.2) is 0 Å². The van der Waals surface area contributed by atoms with Crippen molar-refractivity contribution in [1.29, 1.82) is 0 Å². The Kier molecular flexibility index (Phi) is 3.72. The largest absolute Gasteiger partial charge is 0.398 e. The van der Waals surface area contributed by atoms with Crippen LogP contribution in [0.5, 0.6) is 0 Å². The van der Waals surface area contributed by atoms with E-state index in [9.17, 15) is 4.79 Å². The summed E-state index contributed by atoms with van der Waals surface area (Å²) in [6, 6.07) is 3.50. The second kappa shape index (κ2) is 5.27. The van der Waals surface area contributed by atoms with Crippen LogP contribution in [0.4, 0.5) is 5.69 Å². The average molecular weight is 263 g/mol. The van der Waals surface area contributed by atoms with E-state index in [-0.39, 0.29) is 5.91 Å². The monoisotopic (exact) mass is 262 g/mol. The van der Waals surface area contributed by atoms with Crippen molar-refractivity contribution in [2.75, 3.05) is 5.73 Å². The highest BCUT2D eigenvalue weighted by atomic mass is 35.5. The molecule has 18 heavy (non-hydrogen) atoms. The van der Waals surface area contributed by atoms with Crippen molar-refractivity contribution < 1.29 is 4.79 Å². The highest BCUT2D eigenvalue weighted by Gasteiger charge is 2.16. The maximum atomic E-state index is 12.2. The fraction of sp³-hybridized carbons (Fsp3) is 0.214. The zero-order valence-corrected chi connectivity index (χ0v) is 10.9. The summed E-state index contributed by atoms with van der Waals surface area (Å²) in [7, 11) is 0. The molecule has 0 fully saturated rings. The van der Waals surface area contributed by atoms with Crippen LogP contribution in [0.1, 0.15) is 28.8 Å². The van der Waals surface area contributed by atoms with Crippen LogP contribution in [-0.2, 0) is 0 Å². The highest BCUT2D eigenvalue weighted by Crippen LogP contribution is 2.26. The van der Waals surface area contributed by atoms with Crippen LogP contribution >= 0.6 is 11.6 Å². The van der Waals surface area contributed by atoms with Gasteiger partial charge in [0.15, 0.2) is 0 Å². The molecule has 4 heteroatoms. The van der Waals surface area contributed by atoms with Gasteiger partial charge in [-0.15, -0.1) is 0 Å². The SMILES string of the molecule is Cc1ccc(N)c(Cl)c1C(=O)NC1=CCCC=C1. The Balaban J connectivity index is 2.26. The number of nitrogen functional groups attached to an aromatic ring is 1. The minimum atomic E-state index is -0.220. The first-order valence-corrected chi connectivity index (χ1v) is 6.20. The first-order chi connectivity index (χ1) is 8.59. The van der Waals surface area contributed by atoms with E-state index in [0.29, 0.717) is 16.3 Å². The third kappa shape index (κ3) is 2.57. The molecule has 3 N–H and O–H groups in total. The lowest BCUT2D eigenvalue weighted by Gasteiger charge is -2.13. The number of halogens is 1. The molecule has 1 amide bonds. The molecular formula is C14H15ClN2O. The molecular weight excluding hydrogens is 248 g/mol. The minimum Gasteiger partial charge on any atom is -0.398 e. The maximum Gasteiger partial charge on any atom is 0.257 e. The Morgan fingerprint density at radius 1 is 1.39 bits per heavy atom. The molecule has 0 bridgehead atoms. The third-order valence-corrected chi connectivity index (χ3v) is 3.27. The normalized spacial score (nSPS) is 14.2. The Morgan fingerprint density at radius 3 is 2.83 bits per heavy atom. The van der Waals surface area contributed by atoms with Crippen LogP contribution in [0.3, 0.4) is 0 Å². The summed E-state index contributed by atoms with van der Waals surface area (Å²) in [4.78, 5) is 12.2. The lowest BCUT2D eigenvalue weighted by molar-refractivity contribution is 0.0966. The molecule has 1 aromatic rings. The van der Waals surface area contributed by atoms with E-state index < -0.39 is 0 Å². The second-order valence-corrected chi connectivity index (χ2v) is 4.63. The minimum absolute atomic E-state index is 0.220. The van der Waals surface area contributed by atoms with Gasteiger partial charge < -0.3 is 11.1 Å². The van der Waals surface area contributed by atoms with Gasteiger partial charge in [0.05, 0.1) is 16.3 Å². The fourth-order valence-corrected chi connectivity index (χ4v) is 2.17. The standard InChI is InChI=1S/C14H15ClN2O/c1-9-7-8-11(16)13(15)12(9)14(18)17-10-5-3-2-4-6-10/h3,5-8H,2,4,16H2,1H3,(H,17,18). The number of carbonyl (C=O) groups is 1. The lowest BCUT2D eigenvalue weighted by Crippen LogP contribution is -2.24. The topological polar surface area (TPSA) is 55.1 Å². The number of aryl methyl sites for hydroxylation is 1. The van der Waals surface area contributed by atoms with Gasteiger partial charge in [0.1, 0.15) is 0 Å². The number of nitrogens with two attached hydrogens (primary N) is 1. The first-order valence-electron chi connectivity index (χ1n) is 5.82. The van der Waals surface area contributed by atoms with Crippen molar-refractivity contribution in [2.45, 2.75) is 19.8 Å². The Bertz CT molecular complexity index is 547. The van der Waals surface area contributed by atoms with Crippen LogP contribution in [0.25, 0.3) is 0 Å². The van der Waals surface area contributed by atoms with E-state index >= 15 is 0 Å². The number of rotatable bonds is 2. The summed E-state index contributed by atoms with van der Waals surface area (Å²) in [6.07, 6.45) is 7.88. The zero-order valence-electron chi connectivity index (χ0n) is 10.2. The van der Waals surface area contributed by atoms with E-state index in [4.69, 9.17) is 17.3 Å². The van der Waals surface area contributed by atoms with E-state index in [1.54, 1.807) is 12.1 Å². The molecule has 0 atom stereocenters. The van der Waals surface area contributed by atoms with E-state index in [1.807, 2.05) is 25.2 Å². The molecule has 3 nitrogen and oxygen atoms in total. The van der Waals surface area contributed by atoms with Gasteiger partial charge in [-0.1, -0.05) is 29.8 Å². The number of benzene rings is 1. The summed E-state index contributed by atoms with van der Waals surface area (Å²) < 4.78 is 0. The van der Waals surface area contributed by atoms with Crippen LogP contribution < -0.4 is 11.1 Å². The molecule has 0 unspecified atom stereocenters. The molecule has 1 aromatic carbocycles. The molecule has 1 aliphatic carbocycles. The van der Waals surface area contributed by atoms with Gasteiger partial charge in [-0.05, 0) is 37.5 Å². The van der Waals surface area contributed by atoms with Crippen LogP contribution in [0, 0.1) is 6.92 Å². The molecule has 0 radical (unpaired) electrons. The fourth-order valence-electron chi connectivity index (χ4n) is 1.87. The zero-order chi connectivity index (χ0) is 13.1. The average Bonchev–Trinajstić information content (AvgIpc) is 2.36. The molecule has 0 aliphatic heterocycles. The molecule has 1 aliphatic rings. The Labute approximate surface area is 111 Å². The Morgan fingerprint density at radius 2 is 2.17 bits per heavy atom. The van der Waals surface area contributed by atoms with Crippen molar-refractivity contribution in [1.82, 2.24) is 5.32 Å². The van der Waals surface area contributed by atoms with Gasteiger partial charge in [0.2, 0.25) is 0 Å². The molecule has 0 saturated carbocycles. The van der Waals surface area contributed by atoms with Gasteiger partial charge in [0, 0.05) is 5.70 Å². The van der Waals surface area contributed by atoms with Crippen molar-refractivity contribution in [3.05, 3.63) is 52.2 Å². The maximum absolute atomic E-state index is 12.2. The summed E-state index contributed by atoms with van der Waals surface area (Å²) in [5, 5.41) is 3.15. The smallest absolute Gasteiger partial charge is 0.257 e. The number of anilines is 1. The quantitative estimate of drug-likeness (QED) is 0.804. The molecule has 2 rings (SSSR count). The van der Waals surface area contributed by atoms with Gasteiger partial charge in [-0.2, -0.15) is 0 Å². The van der Waals surface area contributed by atoms with Gasteiger partial charge >= 0.3 is 0 Å². The van der Waals surface area contributed by atoms with Gasteiger partial charge in [0.25, 0.3) is 5.91 Å². The predicted molar refractivity (Wildman–Crippen MR) is 74.5 cm³/mol. The molecule has 0 aromatic heterocycles. The second-order valence-electron chi connectivity index (χ2n) is 4.25. The number of hydrogen-bond donors (Lipinski definition) is 2. The number of amides is 1. The molecule has 94 valence electrons. The molecule has 0 saturated heterocycles. The number of allylic oxidation sites excluding steroid dienone is 3. The number of carbonyl (C=O) groups excluding carboxylic acids is 1. The van der Waals surface area contributed by atoms with Crippen molar-refractivity contribution in [3.63, 3.8) is 0 Å². The molecule has 0 heterocycles. The first kappa shape index (κ1) is 12.7. The van der Waals surface area contributed by atoms with E-state index in [1.165, 1.54) is 0 Å². The summed E-state index contributed by atoms with van der Waals surface area (Å²) in [5.74, 6) is -0.220. The van der Waals surface area contributed by atoms with E-state index in [2.05, 4.69) is 5.32 Å². The summed E-state index contributed by atoms with van der Waals surface area (Å²) in [5.41, 5.74) is 8.20. The Hall–Kier alpha value is -1.74. The summed E-state index contributed by atoms with van der Waals surface area (Å²) >= 11 is 6.09. The van der Waals surface area contributed by atoms with Crippen LogP contribution in [0.2, 0.25) is 5.02 Å². The number of nitrogens with one attached hydrogen (secondary N) is 1. The van der Waals surface area contributed by atoms with Crippen molar-refractivity contribution in [2.24, 2.45) is 0 Å². The third-order valence-electron chi connectivity index (χ3n) is 2.86. The number of hydrogen-bond acceptors (Lipinski definition) is 2. The van der Waals surface area contributed by atoms with Crippen molar-refractivity contribution >= 4 is 23.2 Å². The summed E-state index contributed by atoms with van der Waals surface area (Å²) in [6.45, 7) is 1.84.